The van der Waals surface area contributed by atoms with Gasteiger partial charge in [-0.15, -0.1) is 0 Å². The molecule has 0 amide bonds. The first kappa shape index (κ1) is 17.2. The maximum Gasteiger partial charge on any atom is 0.170 e. The average molecular weight is 318 g/mol. The first-order valence-electron chi connectivity index (χ1n) is 6.21. The molecule has 0 spiro atoms. The van der Waals surface area contributed by atoms with Crippen LogP contribution < -0.4 is 10.5 Å². The Hall–Kier alpha value is -1.83. The SMILES string of the molecule is CC(C)(C)S(=O)(=O)CCOc1ccc(/C(N)=N/O)cc1F. The van der Waals surface area contributed by atoms with Gasteiger partial charge in [-0.1, -0.05) is 5.16 Å². The third-order valence-electron chi connectivity index (χ3n) is 2.88. The first-order chi connectivity index (χ1) is 9.58. The minimum Gasteiger partial charge on any atom is -0.489 e. The van der Waals surface area contributed by atoms with Gasteiger partial charge in [0.05, 0.1) is 10.5 Å². The molecule has 0 aliphatic heterocycles. The number of halogens is 1. The molecule has 1 rings (SSSR count). The summed E-state index contributed by atoms with van der Waals surface area (Å²) in [5.41, 5.74) is 5.53. The van der Waals surface area contributed by atoms with Gasteiger partial charge in [0, 0.05) is 5.56 Å². The quantitative estimate of drug-likeness (QED) is 0.371. The normalized spacial score (nSPS) is 13.2. The van der Waals surface area contributed by atoms with E-state index in [0.29, 0.717) is 0 Å². The van der Waals surface area contributed by atoms with Crippen LogP contribution in [0.1, 0.15) is 26.3 Å². The van der Waals surface area contributed by atoms with Gasteiger partial charge in [0.1, 0.15) is 6.61 Å². The van der Waals surface area contributed by atoms with Crippen molar-refractivity contribution in [3.8, 4) is 5.75 Å². The number of sulfone groups is 1. The minimum absolute atomic E-state index is 0.0893. The maximum atomic E-state index is 13.7. The number of rotatable bonds is 5. The Labute approximate surface area is 123 Å². The monoisotopic (exact) mass is 318 g/mol. The van der Waals surface area contributed by atoms with Crippen LogP contribution in [0.3, 0.4) is 0 Å². The van der Waals surface area contributed by atoms with E-state index < -0.39 is 20.4 Å². The van der Waals surface area contributed by atoms with E-state index in [2.05, 4.69) is 5.16 Å². The summed E-state index contributed by atoms with van der Waals surface area (Å²) in [6.45, 7) is 4.62. The van der Waals surface area contributed by atoms with Crippen molar-refractivity contribution in [3.63, 3.8) is 0 Å². The molecule has 0 aliphatic carbocycles. The molecule has 0 saturated carbocycles. The van der Waals surface area contributed by atoms with Crippen LogP contribution in [-0.4, -0.2) is 36.6 Å². The molecular formula is C13H19FN2O4S. The van der Waals surface area contributed by atoms with Gasteiger partial charge in [0.25, 0.3) is 0 Å². The van der Waals surface area contributed by atoms with Gasteiger partial charge in [-0.3, -0.25) is 0 Å². The molecule has 118 valence electrons. The lowest BCUT2D eigenvalue weighted by Gasteiger charge is -2.19. The smallest absolute Gasteiger partial charge is 0.170 e. The lowest BCUT2D eigenvalue weighted by molar-refractivity contribution is 0.318. The largest absolute Gasteiger partial charge is 0.489 e. The Bertz CT molecular complexity index is 636. The molecule has 0 fully saturated rings. The first-order valence-corrected chi connectivity index (χ1v) is 7.86. The van der Waals surface area contributed by atoms with Gasteiger partial charge in [-0.25, -0.2) is 12.8 Å². The summed E-state index contributed by atoms with van der Waals surface area (Å²) in [6.07, 6.45) is 0. The third kappa shape index (κ3) is 4.32. The fourth-order valence-electron chi connectivity index (χ4n) is 1.40. The molecule has 0 bridgehead atoms. The van der Waals surface area contributed by atoms with E-state index in [1.54, 1.807) is 20.8 Å². The second kappa shape index (κ2) is 6.30. The molecule has 3 N–H and O–H groups in total. The lowest BCUT2D eigenvalue weighted by atomic mass is 10.2. The molecule has 0 unspecified atom stereocenters. The van der Waals surface area contributed by atoms with E-state index in [4.69, 9.17) is 15.7 Å². The predicted octanol–water partition coefficient (Wildman–Crippen LogP) is 1.51. The van der Waals surface area contributed by atoms with Crippen molar-refractivity contribution in [2.75, 3.05) is 12.4 Å². The molecule has 0 radical (unpaired) electrons. The highest BCUT2D eigenvalue weighted by molar-refractivity contribution is 7.92. The van der Waals surface area contributed by atoms with Crippen LogP contribution in [-0.2, 0) is 9.84 Å². The molecular weight excluding hydrogens is 299 g/mol. The summed E-state index contributed by atoms with van der Waals surface area (Å²) in [6, 6.07) is 3.75. The van der Waals surface area contributed by atoms with Gasteiger partial charge in [0.2, 0.25) is 0 Å². The molecule has 21 heavy (non-hydrogen) atoms. The van der Waals surface area contributed by atoms with Crippen LogP contribution in [0, 0.1) is 5.82 Å². The molecule has 0 heterocycles. The van der Waals surface area contributed by atoms with E-state index in [0.717, 1.165) is 6.07 Å². The Kier molecular flexibility index (Phi) is 5.16. The van der Waals surface area contributed by atoms with Gasteiger partial charge in [0.15, 0.2) is 27.2 Å². The van der Waals surface area contributed by atoms with Crippen LogP contribution in [0.4, 0.5) is 4.39 Å². The van der Waals surface area contributed by atoms with Crippen molar-refractivity contribution in [2.24, 2.45) is 10.9 Å². The van der Waals surface area contributed by atoms with Crippen molar-refractivity contribution in [3.05, 3.63) is 29.6 Å². The fraction of sp³-hybridized carbons (Fsp3) is 0.462. The van der Waals surface area contributed by atoms with Gasteiger partial charge >= 0.3 is 0 Å². The second-order valence-corrected chi connectivity index (χ2v) is 8.27. The minimum atomic E-state index is -3.33. The van der Waals surface area contributed by atoms with E-state index in [-0.39, 0.29) is 29.5 Å². The molecule has 0 aromatic heterocycles. The second-order valence-electron chi connectivity index (χ2n) is 5.41. The predicted molar refractivity (Wildman–Crippen MR) is 77.9 cm³/mol. The fourth-order valence-corrected chi connectivity index (χ4v) is 2.32. The van der Waals surface area contributed by atoms with Crippen molar-refractivity contribution in [1.29, 1.82) is 0 Å². The highest BCUT2D eigenvalue weighted by Gasteiger charge is 2.28. The highest BCUT2D eigenvalue weighted by atomic mass is 32.2. The summed E-state index contributed by atoms with van der Waals surface area (Å²) in [4.78, 5) is 0. The van der Waals surface area contributed by atoms with E-state index in [9.17, 15) is 12.8 Å². The molecule has 1 aromatic carbocycles. The number of hydrogen-bond donors (Lipinski definition) is 2. The summed E-state index contributed by atoms with van der Waals surface area (Å²) in [5, 5.41) is 11.3. The zero-order valence-electron chi connectivity index (χ0n) is 12.1. The Balaban J connectivity index is 2.74. The van der Waals surface area contributed by atoms with Crippen LogP contribution in [0.25, 0.3) is 0 Å². The Morgan fingerprint density at radius 2 is 2.05 bits per heavy atom. The van der Waals surface area contributed by atoms with E-state index in [1.807, 2.05) is 0 Å². The van der Waals surface area contributed by atoms with Gasteiger partial charge in [-0.2, -0.15) is 0 Å². The third-order valence-corrected chi connectivity index (χ3v) is 5.45. The van der Waals surface area contributed by atoms with Gasteiger partial charge in [-0.05, 0) is 39.0 Å². The summed E-state index contributed by atoms with van der Waals surface area (Å²) < 4.78 is 41.7. The maximum absolute atomic E-state index is 13.7. The number of nitrogens with zero attached hydrogens (tertiary/aromatic N) is 1. The number of benzene rings is 1. The van der Waals surface area contributed by atoms with E-state index >= 15 is 0 Å². The van der Waals surface area contributed by atoms with Crippen molar-refractivity contribution in [2.45, 2.75) is 25.5 Å². The van der Waals surface area contributed by atoms with Crippen LogP contribution >= 0.6 is 0 Å². The zero-order chi connectivity index (χ0) is 16.3. The van der Waals surface area contributed by atoms with Crippen molar-refractivity contribution in [1.82, 2.24) is 0 Å². The molecule has 6 nitrogen and oxygen atoms in total. The number of amidine groups is 1. The molecule has 8 heteroatoms. The number of nitrogens with two attached hydrogens (primary N) is 1. The number of hydrogen-bond acceptors (Lipinski definition) is 5. The van der Waals surface area contributed by atoms with Crippen LogP contribution in [0.2, 0.25) is 0 Å². The van der Waals surface area contributed by atoms with Crippen LogP contribution in [0.15, 0.2) is 23.4 Å². The average Bonchev–Trinajstić information content (AvgIpc) is 2.38. The number of ether oxygens (including phenoxy) is 1. The van der Waals surface area contributed by atoms with Crippen LogP contribution in [0.5, 0.6) is 5.75 Å². The van der Waals surface area contributed by atoms with Crippen molar-refractivity contribution < 1.29 is 22.8 Å². The molecule has 1 aromatic rings. The molecule has 0 aliphatic rings. The lowest BCUT2D eigenvalue weighted by Crippen LogP contribution is -2.32. The zero-order valence-corrected chi connectivity index (χ0v) is 12.9. The topological polar surface area (TPSA) is 102 Å². The van der Waals surface area contributed by atoms with E-state index in [1.165, 1.54) is 12.1 Å². The van der Waals surface area contributed by atoms with Crippen molar-refractivity contribution >= 4 is 15.7 Å². The molecule has 0 saturated heterocycles. The standard InChI is InChI=1S/C13H19FN2O4S/c1-13(2,3)21(18,19)7-6-20-11-5-4-9(8-10(11)14)12(15)16-17/h4-5,8,17H,6-7H2,1-3H3,(H2,15,16). The summed E-state index contributed by atoms with van der Waals surface area (Å²) in [5.74, 6) is -1.24. The van der Waals surface area contributed by atoms with Gasteiger partial charge < -0.3 is 15.7 Å². The highest BCUT2D eigenvalue weighted by Crippen LogP contribution is 2.20. The Morgan fingerprint density at radius 3 is 2.52 bits per heavy atom. The summed E-state index contributed by atoms with van der Waals surface area (Å²) in [7, 11) is -3.33. The summed E-state index contributed by atoms with van der Waals surface area (Å²) >= 11 is 0. The Morgan fingerprint density at radius 1 is 1.43 bits per heavy atom. The number of oxime groups is 1. The molecule has 0 atom stereocenters.